The van der Waals surface area contributed by atoms with E-state index in [1.807, 2.05) is 30.3 Å². The van der Waals surface area contributed by atoms with E-state index in [9.17, 15) is 9.59 Å². The third-order valence-corrected chi connectivity index (χ3v) is 4.04. The van der Waals surface area contributed by atoms with E-state index in [4.69, 9.17) is 0 Å². The molecular weight excluding hydrogens is 290 g/mol. The fraction of sp³-hybridized carbons (Fsp3) is 0.308. The first kappa shape index (κ1) is 13.7. The van der Waals surface area contributed by atoms with Crippen LogP contribution in [0.1, 0.15) is 12.8 Å². The van der Waals surface area contributed by atoms with Gasteiger partial charge >= 0.3 is 0 Å². The molecule has 7 nitrogen and oxygen atoms in total. The van der Waals surface area contributed by atoms with Crippen LogP contribution >= 0.6 is 11.8 Å². The van der Waals surface area contributed by atoms with Gasteiger partial charge < -0.3 is 0 Å². The largest absolute Gasteiger partial charge is 0.282 e. The Morgan fingerprint density at radius 3 is 2.81 bits per heavy atom. The number of hydrogen-bond donors (Lipinski definition) is 0. The number of tetrazole rings is 1. The van der Waals surface area contributed by atoms with Crippen molar-refractivity contribution >= 4 is 23.6 Å². The molecule has 2 heterocycles. The summed E-state index contributed by atoms with van der Waals surface area (Å²) < 4.78 is 1.57. The molecule has 0 atom stereocenters. The Morgan fingerprint density at radius 1 is 1.29 bits per heavy atom. The van der Waals surface area contributed by atoms with Crippen LogP contribution in [0.3, 0.4) is 0 Å². The first-order valence-corrected chi connectivity index (χ1v) is 7.54. The molecule has 1 aromatic heterocycles. The van der Waals surface area contributed by atoms with Crippen molar-refractivity contribution in [3.8, 4) is 5.69 Å². The number of nitrogens with zero attached hydrogens (tertiary/aromatic N) is 5. The predicted molar refractivity (Wildman–Crippen MR) is 75.8 cm³/mol. The molecule has 108 valence electrons. The van der Waals surface area contributed by atoms with Gasteiger partial charge in [0.25, 0.3) is 0 Å². The molecule has 2 amide bonds. The van der Waals surface area contributed by atoms with Gasteiger partial charge in [0.2, 0.25) is 17.0 Å². The minimum absolute atomic E-state index is 0.0942. The van der Waals surface area contributed by atoms with E-state index in [0.717, 1.165) is 12.1 Å². The summed E-state index contributed by atoms with van der Waals surface area (Å²) in [5.74, 6) is -0.132. The Hall–Kier alpha value is -2.22. The van der Waals surface area contributed by atoms with Gasteiger partial charge in [-0.3, -0.25) is 14.5 Å². The summed E-state index contributed by atoms with van der Waals surface area (Å²) in [7, 11) is 0. The highest BCUT2D eigenvalue weighted by Crippen LogP contribution is 2.19. The molecule has 0 spiro atoms. The predicted octanol–water partition coefficient (Wildman–Crippen LogP) is 0.903. The maximum Gasteiger partial charge on any atom is 0.239 e. The van der Waals surface area contributed by atoms with Crippen LogP contribution in [0, 0.1) is 0 Å². The second-order valence-corrected chi connectivity index (χ2v) is 5.48. The molecule has 0 bridgehead atoms. The highest BCUT2D eigenvalue weighted by molar-refractivity contribution is 7.99. The van der Waals surface area contributed by atoms with Gasteiger partial charge in [0.05, 0.1) is 11.4 Å². The van der Waals surface area contributed by atoms with Gasteiger partial charge in [-0.25, -0.2) is 0 Å². The van der Waals surface area contributed by atoms with Crippen LogP contribution in [0.2, 0.25) is 0 Å². The summed E-state index contributed by atoms with van der Waals surface area (Å²) in [6.45, 7) is 0.516. The molecule has 8 heteroatoms. The first-order chi connectivity index (χ1) is 10.3. The molecule has 1 saturated heterocycles. The monoisotopic (exact) mass is 303 g/mol. The van der Waals surface area contributed by atoms with Crippen molar-refractivity contribution in [2.24, 2.45) is 0 Å². The normalized spacial score (nSPS) is 14.7. The summed E-state index contributed by atoms with van der Waals surface area (Å²) in [6.07, 6.45) is 1.20. The molecule has 1 aromatic carbocycles. The highest BCUT2D eigenvalue weighted by Gasteiger charge is 2.26. The first-order valence-electron chi connectivity index (χ1n) is 6.55. The Kier molecular flexibility index (Phi) is 3.96. The van der Waals surface area contributed by atoms with Gasteiger partial charge in [-0.1, -0.05) is 30.0 Å². The van der Waals surface area contributed by atoms with Crippen molar-refractivity contribution in [3.05, 3.63) is 30.3 Å². The van der Waals surface area contributed by atoms with E-state index in [1.165, 1.54) is 16.7 Å². The second kappa shape index (κ2) is 6.04. The van der Waals surface area contributed by atoms with Gasteiger partial charge in [-0.05, 0) is 29.0 Å². The maximum absolute atomic E-state index is 12.0. The van der Waals surface area contributed by atoms with Crippen molar-refractivity contribution < 1.29 is 9.59 Å². The Balaban J connectivity index is 1.68. The smallest absolute Gasteiger partial charge is 0.239 e. The van der Waals surface area contributed by atoms with Crippen molar-refractivity contribution in [2.75, 3.05) is 12.3 Å². The van der Waals surface area contributed by atoms with Crippen LogP contribution < -0.4 is 0 Å². The van der Waals surface area contributed by atoms with Gasteiger partial charge in [-0.2, -0.15) is 4.68 Å². The summed E-state index contributed by atoms with van der Waals surface area (Å²) in [5.41, 5.74) is 0.828. The lowest BCUT2D eigenvalue weighted by Gasteiger charge is -2.12. The number of carbonyl (C=O) groups excluding carboxylic acids is 2. The average Bonchev–Trinajstić information content (AvgIpc) is 3.14. The van der Waals surface area contributed by atoms with E-state index in [0.29, 0.717) is 18.1 Å². The van der Waals surface area contributed by atoms with Crippen LogP contribution in [-0.2, 0) is 9.59 Å². The summed E-state index contributed by atoms with van der Waals surface area (Å²) in [5, 5.41) is 12.0. The number of benzene rings is 1. The fourth-order valence-corrected chi connectivity index (χ4v) is 2.88. The van der Waals surface area contributed by atoms with Crippen LogP contribution in [0.5, 0.6) is 0 Å². The minimum atomic E-state index is -0.190. The molecule has 0 aliphatic carbocycles. The lowest BCUT2D eigenvalue weighted by Crippen LogP contribution is -2.33. The summed E-state index contributed by atoms with van der Waals surface area (Å²) >= 11 is 1.23. The number of thioether (sulfide) groups is 1. The molecular formula is C13H13N5O2S. The molecule has 0 saturated carbocycles. The number of para-hydroxylation sites is 1. The average molecular weight is 303 g/mol. The zero-order valence-corrected chi connectivity index (χ0v) is 12.0. The SMILES string of the molecule is O=C1CCCN1C(=O)CSc1nnnn1-c1ccccc1. The number of amides is 2. The molecule has 3 rings (SSSR count). The zero-order chi connectivity index (χ0) is 14.7. The third-order valence-electron chi connectivity index (χ3n) is 3.14. The topological polar surface area (TPSA) is 81.0 Å². The van der Waals surface area contributed by atoms with Crippen molar-refractivity contribution in [1.29, 1.82) is 0 Å². The molecule has 0 radical (unpaired) electrons. The van der Waals surface area contributed by atoms with E-state index >= 15 is 0 Å². The van der Waals surface area contributed by atoms with E-state index < -0.39 is 0 Å². The second-order valence-electron chi connectivity index (χ2n) is 4.54. The lowest BCUT2D eigenvalue weighted by atomic mass is 10.3. The molecule has 2 aromatic rings. The number of imide groups is 1. The number of hydrogen-bond acceptors (Lipinski definition) is 6. The Bertz CT molecular complexity index is 658. The maximum atomic E-state index is 12.0. The zero-order valence-electron chi connectivity index (χ0n) is 11.2. The summed E-state index contributed by atoms with van der Waals surface area (Å²) in [6, 6.07) is 9.45. The Morgan fingerprint density at radius 2 is 2.10 bits per heavy atom. The standard InChI is InChI=1S/C13H13N5O2S/c19-11-7-4-8-17(11)12(20)9-21-13-14-15-16-18(13)10-5-2-1-3-6-10/h1-3,5-6H,4,7-9H2. The van der Waals surface area contributed by atoms with Crippen molar-refractivity contribution in [2.45, 2.75) is 18.0 Å². The quantitative estimate of drug-likeness (QED) is 0.781. The van der Waals surface area contributed by atoms with E-state index in [2.05, 4.69) is 15.5 Å². The minimum Gasteiger partial charge on any atom is -0.282 e. The molecule has 21 heavy (non-hydrogen) atoms. The number of likely N-dealkylation sites (tertiary alicyclic amines) is 1. The lowest BCUT2D eigenvalue weighted by molar-refractivity contribution is -0.140. The van der Waals surface area contributed by atoms with Crippen LogP contribution in [-0.4, -0.2) is 49.2 Å². The summed E-state index contributed by atoms with van der Waals surface area (Å²) in [4.78, 5) is 24.8. The van der Waals surface area contributed by atoms with Crippen LogP contribution in [0.25, 0.3) is 5.69 Å². The van der Waals surface area contributed by atoms with Gasteiger partial charge in [0.15, 0.2) is 0 Å². The number of aromatic nitrogens is 4. The highest BCUT2D eigenvalue weighted by atomic mass is 32.2. The fourth-order valence-electron chi connectivity index (χ4n) is 2.12. The van der Waals surface area contributed by atoms with Gasteiger partial charge in [-0.15, -0.1) is 5.10 Å². The number of carbonyl (C=O) groups is 2. The van der Waals surface area contributed by atoms with Crippen molar-refractivity contribution in [3.63, 3.8) is 0 Å². The van der Waals surface area contributed by atoms with E-state index in [-0.39, 0.29) is 17.6 Å². The molecule has 1 aliphatic rings. The molecule has 0 unspecified atom stereocenters. The van der Waals surface area contributed by atoms with Crippen LogP contribution in [0.15, 0.2) is 35.5 Å². The van der Waals surface area contributed by atoms with Crippen molar-refractivity contribution in [1.82, 2.24) is 25.1 Å². The molecule has 1 fully saturated rings. The molecule has 0 N–H and O–H groups in total. The van der Waals surface area contributed by atoms with Gasteiger partial charge in [0, 0.05) is 13.0 Å². The van der Waals surface area contributed by atoms with E-state index in [1.54, 1.807) is 4.68 Å². The molecule has 1 aliphatic heterocycles. The third kappa shape index (κ3) is 2.94. The van der Waals surface area contributed by atoms with Gasteiger partial charge in [0.1, 0.15) is 0 Å². The van der Waals surface area contributed by atoms with Crippen LogP contribution in [0.4, 0.5) is 0 Å². The Labute approximate surface area is 125 Å². The number of rotatable bonds is 4.